The summed E-state index contributed by atoms with van der Waals surface area (Å²) in [6, 6.07) is 9.88. The first-order valence-electron chi connectivity index (χ1n) is 6.02. The van der Waals surface area contributed by atoms with Crippen LogP contribution in [0, 0.1) is 18.3 Å². The largest absolute Gasteiger partial charge is 0.384 e. The fourth-order valence-corrected chi connectivity index (χ4v) is 1.88. The molecule has 1 aromatic heterocycles. The van der Waals surface area contributed by atoms with Gasteiger partial charge in [-0.2, -0.15) is 10.4 Å². The van der Waals surface area contributed by atoms with E-state index in [9.17, 15) is 0 Å². The van der Waals surface area contributed by atoms with Gasteiger partial charge in [0, 0.05) is 25.5 Å². The second-order valence-corrected chi connectivity index (χ2v) is 4.16. The Morgan fingerprint density at radius 1 is 1.39 bits per heavy atom. The molecule has 2 rings (SSSR count). The molecule has 0 radical (unpaired) electrons. The molecule has 4 nitrogen and oxygen atoms in total. The average Bonchev–Trinajstić information content (AvgIpc) is 2.89. The quantitative estimate of drug-likeness (QED) is 0.817. The normalized spacial score (nSPS) is 10.0. The highest BCUT2D eigenvalue weighted by Crippen LogP contribution is 2.19. The van der Waals surface area contributed by atoms with Crippen LogP contribution in [0.15, 0.2) is 36.7 Å². The van der Waals surface area contributed by atoms with E-state index in [-0.39, 0.29) is 0 Å². The Kier molecular flexibility index (Phi) is 3.98. The Morgan fingerprint density at radius 2 is 2.28 bits per heavy atom. The topological polar surface area (TPSA) is 53.6 Å². The van der Waals surface area contributed by atoms with E-state index < -0.39 is 0 Å². The first kappa shape index (κ1) is 12.2. The van der Waals surface area contributed by atoms with Gasteiger partial charge in [-0.15, -0.1) is 0 Å². The zero-order valence-electron chi connectivity index (χ0n) is 10.4. The van der Waals surface area contributed by atoms with Gasteiger partial charge in [0.1, 0.15) is 6.07 Å². The molecule has 0 aliphatic rings. The van der Waals surface area contributed by atoms with Gasteiger partial charge in [-0.1, -0.05) is 12.1 Å². The number of nitrogens with zero attached hydrogens (tertiary/aromatic N) is 3. The number of anilines is 1. The summed E-state index contributed by atoms with van der Waals surface area (Å²) in [5, 5.41) is 16.5. The molecule has 18 heavy (non-hydrogen) atoms. The maximum atomic E-state index is 9.05. The van der Waals surface area contributed by atoms with Gasteiger partial charge in [-0.25, -0.2) is 0 Å². The van der Waals surface area contributed by atoms with E-state index in [0.717, 1.165) is 30.8 Å². The lowest BCUT2D eigenvalue weighted by atomic mass is 10.1. The van der Waals surface area contributed by atoms with Crippen LogP contribution in [0.5, 0.6) is 0 Å². The summed E-state index contributed by atoms with van der Waals surface area (Å²) in [6.45, 7) is 3.73. The van der Waals surface area contributed by atoms with Crippen LogP contribution in [0.25, 0.3) is 0 Å². The van der Waals surface area contributed by atoms with Crippen molar-refractivity contribution in [3.8, 4) is 6.07 Å². The van der Waals surface area contributed by atoms with Gasteiger partial charge in [0.05, 0.1) is 11.3 Å². The third-order valence-electron chi connectivity index (χ3n) is 2.82. The molecule has 1 N–H and O–H groups in total. The highest BCUT2D eigenvalue weighted by atomic mass is 15.3. The molecule has 92 valence electrons. The van der Waals surface area contributed by atoms with Crippen LogP contribution in [-0.4, -0.2) is 16.3 Å². The van der Waals surface area contributed by atoms with Crippen LogP contribution in [-0.2, 0) is 6.54 Å². The van der Waals surface area contributed by atoms with E-state index in [1.54, 1.807) is 6.20 Å². The second-order valence-electron chi connectivity index (χ2n) is 4.16. The third kappa shape index (κ3) is 2.89. The molecule has 2 aromatic rings. The summed E-state index contributed by atoms with van der Waals surface area (Å²) in [7, 11) is 0. The Balaban J connectivity index is 1.89. The molecule has 4 heteroatoms. The summed E-state index contributed by atoms with van der Waals surface area (Å²) in [6.07, 6.45) is 4.71. The first-order valence-corrected chi connectivity index (χ1v) is 6.02. The Bertz CT molecular complexity index is 537. The van der Waals surface area contributed by atoms with Gasteiger partial charge in [-0.05, 0) is 31.0 Å². The van der Waals surface area contributed by atoms with E-state index in [1.807, 2.05) is 42.1 Å². The monoisotopic (exact) mass is 240 g/mol. The van der Waals surface area contributed by atoms with Gasteiger partial charge in [0.2, 0.25) is 0 Å². The lowest BCUT2D eigenvalue weighted by Crippen LogP contribution is -2.08. The zero-order chi connectivity index (χ0) is 12.8. The number of hydrogen-bond acceptors (Lipinski definition) is 3. The molecule has 0 aliphatic heterocycles. The van der Waals surface area contributed by atoms with Crippen molar-refractivity contribution in [1.82, 2.24) is 9.78 Å². The van der Waals surface area contributed by atoms with Crippen molar-refractivity contribution >= 4 is 5.69 Å². The number of aromatic nitrogens is 2. The van der Waals surface area contributed by atoms with Crippen LogP contribution in [0.2, 0.25) is 0 Å². The van der Waals surface area contributed by atoms with Gasteiger partial charge in [-0.3, -0.25) is 4.68 Å². The smallest absolute Gasteiger partial charge is 0.101 e. The Hall–Kier alpha value is -2.28. The number of benzene rings is 1. The highest BCUT2D eigenvalue weighted by Gasteiger charge is 2.03. The molecular formula is C14H16N4. The Labute approximate surface area is 107 Å². The van der Waals surface area contributed by atoms with Crippen LogP contribution >= 0.6 is 0 Å². The third-order valence-corrected chi connectivity index (χ3v) is 2.82. The summed E-state index contributed by atoms with van der Waals surface area (Å²) < 4.78 is 1.91. The van der Waals surface area contributed by atoms with Gasteiger partial charge >= 0.3 is 0 Å². The molecule has 0 saturated heterocycles. The molecule has 1 heterocycles. The van der Waals surface area contributed by atoms with E-state index in [1.165, 1.54) is 0 Å². The second kappa shape index (κ2) is 5.87. The first-order chi connectivity index (χ1) is 8.81. The van der Waals surface area contributed by atoms with Crippen molar-refractivity contribution in [3.05, 3.63) is 47.8 Å². The fourth-order valence-electron chi connectivity index (χ4n) is 1.88. The van der Waals surface area contributed by atoms with Crippen LogP contribution in [0.3, 0.4) is 0 Å². The fraction of sp³-hybridized carbons (Fsp3) is 0.286. The van der Waals surface area contributed by atoms with Crippen molar-refractivity contribution in [2.24, 2.45) is 0 Å². The average molecular weight is 240 g/mol. The van der Waals surface area contributed by atoms with Crippen molar-refractivity contribution < 1.29 is 0 Å². The molecule has 0 bridgehead atoms. The molecular weight excluding hydrogens is 224 g/mol. The van der Waals surface area contributed by atoms with Crippen molar-refractivity contribution in [3.63, 3.8) is 0 Å². The molecule has 1 aromatic carbocycles. The number of nitriles is 1. The molecule has 0 atom stereocenters. The highest BCUT2D eigenvalue weighted by molar-refractivity contribution is 5.62. The number of hydrogen-bond donors (Lipinski definition) is 1. The molecule has 0 unspecified atom stereocenters. The van der Waals surface area contributed by atoms with E-state index in [0.29, 0.717) is 5.56 Å². The molecule has 0 spiro atoms. The summed E-state index contributed by atoms with van der Waals surface area (Å²) in [5.74, 6) is 0. The van der Waals surface area contributed by atoms with Crippen LogP contribution in [0.4, 0.5) is 5.69 Å². The molecule has 0 saturated carbocycles. The lowest BCUT2D eigenvalue weighted by molar-refractivity contribution is 0.591. The van der Waals surface area contributed by atoms with Gasteiger partial charge < -0.3 is 5.32 Å². The molecule has 0 fully saturated rings. The van der Waals surface area contributed by atoms with Crippen molar-refractivity contribution in [2.75, 3.05) is 11.9 Å². The minimum Gasteiger partial charge on any atom is -0.384 e. The predicted octanol–water partition coefficient (Wildman–Crippen LogP) is 2.57. The van der Waals surface area contributed by atoms with E-state index >= 15 is 0 Å². The summed E-state index contributed by atoms with van der Waals surface area (Å²) in [5.41, 5.74) is 2.75. The number of nitrogens with one attached hydrogen (secondary N) is 1. The van der Waals surface area contributed by atoms with E-state index in [2.05, 4.69) is 16.5 Å². The lowest BCUT2D eigenvalue weighted by Gasteiger charge is -2.11. The zero-order valence-corrected chi connectivity index (χ0v) is 10.4. The number of para-hydroxylation sites is 1. The minimum absolute atomic E-state index is 0.703. The number of aryl methyl sites for hydroxylation is 2. The predicted molar refractivity (Wildman–Crippen MR) is 71.2 cm³/mol. The van der Waals surface area contributed by atoms with Crippen molar-refractivity contribution in [2.45, 2.75) is 19.9 Å². The van der Waals surface area contributed by atoms with Crippen molar-refractivity contribution in [1.29, 1.82) is 5.26 Å². The maximum absolute atomic E-state index is 9.05. The summed E-state index contributed by atoms with van der Waals surface area (Å²) in [4.78, 5) is 0. The maximum Gasteiger partial charge on any atom is 0.101 e. The van der Waals surface area contributed by atoms with Crippen LogP contribution < -0.4 is 5.32 Å². The standard InChI is InChI=1S/C14H16N4/c1-12-5-2-6-13(11-15)14(12)16-7-3-9-18-10-4-8-17-18/h2,4-6,8,10,16H,3,7,9H2,1H3. The molecule has 0 amide bonds. The Morgan fingerprint density at radius 3 is 3.00 bits per heavy atom. The number of rotatable bonds is 5. The minimum atomic E-state index is 0.703. The summed E-state index contributed by atoms with van der Waals surface area (Å²) >= 11 is 0. The van der Waals surface area contributed by atoms with Gasteiger partial charge in [0.15, 0.2) is 0 Å². The van der Waals surface area contributed by atoms with Crippen LogP contribution in [0.1, 0.15) is 17.5 Å². The SMILES string of the molecule is Cc1cccc(C#N)c1NCCCn1cccn1. The van der Waals surface area contributed by atoms with Gasteiger partial charge in [0.25, 0.3) is 0 Å². The van der Waals surface area contributed by atoms with E-state index in [4.69, 9.17) is 5.26 Å². The molecule has 0 aliphatic carbocycles.